The van der Waals surface area contributed by atoms with E-state index >= 15 is 0 Å². The van der Waals surface area contributed by atoms with Crippen LogP contribution in [0.25, 0.3) is 0 Å². The fourth-order valence-corrected chi connectivity index (χ4v) is 1.29. The first-order valence-electron chi connectivity index (χ1n) is 4.16. The molecule has 0 aliphatic carbocycles. The number of terminal acetylenes is 1. The lowest BCUT2D eigenvalue weighted by atomic mass is 9.99. The fraction of sp³-hybridized carbons (Fsp3) is 0.556. The fourth-order valence-electron chi connectivity index (χ4n) is 1.29. The van der Waals surface area contributed by atoms with Gasteiger partial charge in [0.25, 0.3) is 0 Å². The Morgan fingerprint density at radius 3 is 2.79 bits per heavy atom. The average molecular weight is 197 g/mol. The summed E-state index contributed by atoms with van der Waals surface area (Å²) in [6.45, 7) is 0.335. The van der Waals surface area contributed by atoms with E-state index < -0.39 is 17.4 Å². The maximum atomic E-state index is 11.1. The predicted molar refractivity (Wildman–Crippen MR) is 47.4 cm³/mol. The first-order valence-corrected chi connectivity index (χ1v) is 4.16. The summed E-state index contributed by atoms with van der Waals surface area (Å²) in [4.78, 5) is 22.1. The van der Waals surface area contributed by atoms with Gasteiger partial charge in [-0.05, 0) is 0 Å². The van der Waals surface area contributed by atoms with Crippen LogP contribution in [0.5, 0.6) is 0 Å². The van der Waals surface area contributed by atoms with Crippen LogP contribution in [-0.4, -0.2) is 35.7 Å². The number of ether oxygens (including phenoxy) is 1. The van der Waals surface area contributed by atoms with Gasteiger partial charge in [-0.2, -0.15) is 0 Å². The van der Waals surface area contributed by atoms with Gasteiger partial charge in [0.1, 0.15) is 0 Å². The Bertz CT molecular complexity index is 286. The Balaban J connectivity index is 2.66. The van der Waals surface area contributed by atoms with Crippen LogP contribution in [-0.2, 0) is 14.3 Å². The van der Waals surface area contributed by atoms with Gasteiger partial charge in [0.15, 0.2) is 5.54 Å². The van der Waals surface area contributed by atoms with E-state index in [-0.39, 0.29) is 19.4 Å². The molecule has 1 heterocycles. The Kier molecular flexibility index (Phi) is 3.10. The van der Waals surface area contributed by atoms with Gasteiger partial charge < -0.3 is 15.2 Å². The summed E-state index contributed by atoms with van der Waals surface area (Å²) in [5.41, 5.74) is -1.28. The highest BCUT2D eigenvalue weighted by atomic mass is 16.5. The number of aliphatic carboxylic acids is 1. The number of amides is 1. The maximum Gasteiger partial charge on any atom is 0.331 e. The normalized spacial score (nSPS) is 25.4. The van der Waals surface area contributed by atoms with Crippen molar-refractivity contribution >= 4 is 11.9 Å². The van der Waals surface area contributed by atoms with Crippen LogP contribution in [0.1, 0.15) is 12.8 Å². The highest BCUT2D eigenvalue weighted by Gasteiger charge is 2.43. The minimum absolute atomic E-state index is 0.00134. The van der Waals surface area contributed by atoms with Crippen LogP contribution in [0.4, 0.5) is 0 Å². The van der Waals surface area contributed by atoms with Gasteiger partial charge in [-0.15, -0.1) is 6.42 Å². The maximum absolute atomic E-state index is 11.1. The molecule has 0 aromatic heterocycles. The average Bonchev–Trinajstić information content (AvgIpc) is 2.54. The van der Waals surface area contributed by atoms with Crippen molar-refractivity contribution in [3.8, 4) is 12.3 Å². The van der Waals surface area contributed by atoms with E-state index in [0.717, 1.165) is 0 Å². The molecule has 0 bridgehead atoms. The lowest BCUT2D eigenvalue weighted by Crippen LogP contribution is -2.55. The second-order valence-corrected chi connectivity index (χ2v) is 3.12. The van der Waals surface area contributed by atoms with E-state index in [1.807, 2.05) is 0 Å². The number of hydrogen-bond donors (Lipinski definition) is 2. The van der Waals surface area contributed by atoms with Crippen LogP contribution in [0, 0.1) is 12.3 Å². The lowest BCUT2D eigenvalue weighted by molar-refractivity contribution is -0.147. The Labute approximate surface area is 81.4 Å². The van der Waals surface area contributed by atoms with E-state index in [4.69, 9.17) is 16.3 Å². The van der Waals surface area contributed by atoms with Gasteiger partial charge >= 0.3 is 5.97 Å². The number of carbonyl (C=O) groups is 2. The molecule has 0 aromatic rings. The second kappa shape index (κ2) is 4.11. The van der Waals surface area contributed by atoms with Gasteiger partial charge in [0, 0.05) is 13.0 Å². The van der Waals surface area contributed by atoms with Gasteiger partial charge in [-0.1, -0.05) is 5.92 Å². The number of hydrogen-bond acceptors (Lipinski definition) is 3. The number of nitrogens with one attached hydrogen (secondary N) is 1. The Morgan fingerprint density at radius 2 is 2.36 bits per heavy atom. The summed E-state index contributed by atoms with van der Waals surface area (Å²) in [5, 5.41) is 11.3. The molecule has 0 radical (unpaired) electrons. The molecule has 1 unspecified atom stereocenters. The summed E-state index contributed by atoms with van der Waals surface area (Å²) in [6, 6.07) is 0. The summed E-state index contributed by atoms with van der Waals surface area (Å²) in [7, 11) is 0. The quantitative estimate of drug-likeness (QED) is 0.591. The van der Waals surface area contributed by atoms with Gasteiger partial charge in [0.2, 0.25) is 5.91 Å². The molecular formula is C9H11NO4. The minimum Gasteiger partial charge on any atom is -0.479 e. The predicted octanol–water partition coefficient (Wildman–Crippen LogP) is -0.630. The zero-order chi connectivity index (χ0) is 10.6. The molecule has 5 nitrogen and oxygen atoms in total. The van der Waals surface area contributed by atoms with Crippen molar-refractivity contribution in [2.24, 2.45) is 0 Å². The van der Waals surface area contributed by atoms with Crippen LogP contribution in [0.3, 0.4) is 0 Å². The monoisotopic (exact) mass is 197 g/mol. The highest BCUT2D eigenvalue weighted by molar-refractivity contribution is 5.88. The zero-order valence-electron chi connectivity index (χ0n) is 7.58. The summed E-state index contributed by atoms with van der Waals surface area (Å²) < 4.78 is 4.95. The first-order chi connectivity index (χ1) is 6.60. The van der Waals surface area contributed by atoms with E-state index in [2.05, 4.69) is 11.2 Å². The first kappa shape index (κ1) is 10.5. The van der Waals surface area contributed by atoms with Crippen LogP contribution in [0.2, 0.25) is 0 Å². The van der Waals surface area contributed by atoms with E-state index in [1.165, 1.54) is 0 Å². The summed E-state index contributed by atoms with van der Waals surface area (Å²) in [6.07, 6.45) is 5.09. The summed E-state index contributed by atoms with van der Waals surface area (Å²) >= 11 is 0. The molecular weight excluding hydrogens is 186 g/mol. The molecule has 14 heavy (non-hydrogen) atoms. The number of carboxylic acids is 1. The van der Waals surface area contributed by atoms with Crippen molar-refractivity contribution in [1.29, 1.82) is 0 Å². The largest absolute Gasteiger partial charge is 0.479 e. The molecule has 1 aliphatic heterocycles. The van der Waals surface area contributed by atoms with Crippen molar-refractivity contribution in [2.75, 3.05) is 13.2 Å². The number of carboxylic acid groups (broad SMARTS) is 1. The Hall–Kier alpha value is -1.54. The highest BCUT2D eigenvalue weighted by Crippen LogP contribution is 2.18. The lowest BCUT2D eigenvalue weighted by Gasteiger charge is -2.22. The standard InChI is InChI=1S/C9H11NO4/c1-2-3-7(11)10-9(8(12)13)4-5-14-6-9/h1H,3-6H2,(H,10,11)(H,12,13). The van der Waals surface area contributed by atoms with Gasteiger partial charge in [0.05, 0.1) is 13.0 Å². The van der Waals surface area contributed by atoms with E-state index in [9.17, 15) is 9.59 Å². The third-order valence-corrected chi connectivity index (χ3v) is 2.07. The molecule has 5 heteroatoms. The summed E-state index contributed by atoms with van der Waals surface area (Å²) in [5.74, 6) is 0.611. The number of carbonyl (C=O) groups excluding carboxylic acids is 1. The SMILES string of the molecule is C#CCC(=O)NC1(C(=O)O)CCOC1. The second-order valence-electron chi connectivity index (χ2n) is 3.12. The third kappa shape index (κ3) is 2.03. The topological polar surface area (TPSA) is 75.6 Å². The minimum atomic E-state index is -1.28. The van der Waals surface area contributed by atoms with Gasteiger partial charge in [-0.25, -0.2) is 4.79 Å². The number of rotatable bonds is 3. The molecule has 0 saturated carbocycles. The molecule has 1 aliphatic rings. The van der Waals surface area contributed by atoms with Crippen LogP contribution < -0.4 is 5.32 Å². The molecule has 1 rings (SSSR count). The van der Waals surface area contributed by atoms with Crippen LogP contribution in [0.15, 0.2) is 0 Å². The van der Waals surface area contributed by atoms with Crippen LogP contribution >= 0.6 is 0 Å². The molecule has 1 atom stereocenters. The molecule has 0 aromatic carbocycles. The zero-order valence-corrected chi connectivity index (χ0v) is 7.58. The molecule has 0 spiro atoms. The Morgan fingerprint density at radius 1 is 1.64 bits per heavy atom. The van der Waals surface area contributed by atoms with Crippen molar-refractivity contribution in [1.82, 2.24) is 5.32 Å². The third-order valence-electron chi connectivity index (χ3n) is 2.07. The molecule has 1 amide bonds. The smallest absolute Gasteiger partial charge is 0.331 e. The van der Waals surface area contributed by atoms with Crippen molar-refractivity contribution < 1.29 is 19.4 Å². The molecule has 2 N–H and O–H groups in total. The van der Waals surface area contributed by atoms with Crippen molar-refractivity contribution in [3.05, 3.63) is 0 Å². The van der Waals surface area contributed by atoms with Crippen molar-refractivity contribution in [2.45, 2.75) is 18.4 Å². The van der Waals surface area contributed by atoms with E-state index in [0.29, 0.717) is 6.61 Å². The molecule has 76 valence electrons. The molecule has 1 fully saturated rings. The van der Waals surface area contributed by atoms with Crippen molar-refractivity contribution in [3.63, 3.8) is 0 Å². The molecule has 1 saturated heterocycles. The van der Waals surface area contributed by atoms with E-state index in [1.54, 1.807) is 0 Å². The van der Waals surface area contributed by atoms with Gasteiger partial charge in [-0.3, -0.25) is 4.79 Å².